The van der Waals surface area contributed by atoms with E-state index in [1.807, 2.05) is 66.7 Å². The fourth-order valence-corrected chi connectivity index (χ4v) is 1.91. The minimum Gasteiger partial charge on any atom is -0.490 e. The van der Waals surface area contributed by atoms with E-state index in [4.69, 9.17) is 9.15 Å². The van der Waals surface area contributed by atoms with Gasteiger partial charge < -0.3 is 9.15 Å². The van der Waals surface area contributed by atoms with Gasteiger partial charge in [0.05, 0.1) is 0 Å². The molecule has 0 unspecified atom stereocenters. The smallest absolute Gasteiger partial charge is 0.247 e. The summed E-state index contributed by atoms with van der Waals surface area (Å²) >= 11 is 0. The molecular weight excluding hydrogens is 264 g/mol. The summed E-state index contributed by atoms with van der Waals surface area (Å²) in [6.07, 6.45) is 5.32. The number of rotatable bonds is 5. The van der Waals surface area contributed by atoms with Gasteiger partial charge >= 0.3 is 0 Å². The van der Waals surface area contributed by atoms with Crippen LogP contribution in [0.1, 0.15) is 5.56 Å². The Labute approximate surface area is 122 Å². The van der Waals surface area contributed by atoms with E-state index in [0.717, 1.165) is 16.9 Å². The van der Waals surface area contributed by atoms with Crippen molar-refractivity contribution >= 4 is 6.08 Å². The van der Waals surface area contributed by atoms with Gasteiger partial charge in [0.25, 0.3) is 0 Å². The molecule has 0 bridgehead atoms. The lowest BCUT2D eigenvalue weighted by Crippen LogP contribution is -1.93. The van der Waals surface area contributed by atoms with Crippen molar-refractivity contribution in [2.45, 2.75) is 0 Å². The van der Waals surface area contributed by atoms with E-state index >= 15 is 0 Å². The number of ether oxygens (including phenoxy) is 1. The van der Waals surface area contributed by atoms with Crippen LogP contribution in [0.4, 0.5) is 0 Å². The summed E-state index contributed by atoms with van der Waals surface area (Å²) in [6.45, 7) is 0.502. The van der Waals surface area contributed by atoms with Crippen molar-refractivity contribution in [2.75, 3.05) is 6.61 Å². The first kappa shape index (κ1) is 13.1. The molecule has 0 aliphatic rings. The van der Waals surface area contributed by atoms with Crippen LogP contribution in [0.15, 0.2) is 71.5 Å². The quantitative estimate of drug-likeness (QED) is 0.711. The molecule has 0 atom stereocenters. The normalized spacial score (nSPS) is 10.9. The number of hydrogen-bond donors (Lipinski definition) is 0. The summed E-state index contributed by atoms with van der Waals surface area (Å²) in [7, 11) is 0. The van der Waals surface area contributed by atoms with E-state index in [1.165, 1.54) is 6.39 Å². The second kappa shape index (κ2) is 6.52. The molecule has 4 heteroatoms. The Kier molecular flexibility index (Phi) is 4.07. The van der Waals surface area contributed by atoms with Gasteiger partial charge in [-0.1, -0.05) is 42.5 Å². The molecule has 4 nitrogen and oxygen atoms in total. The Morgan fingerprint density at radius 1 is 1.05 bits per heavy atom. The van der Waals surface area contributed by atoms with E-state index in [2.05, 4.69) is 10.2 Å². The van der Waals surface area contributed by atoms with Crippen molar-refractivity contribution in [2.24, 2.45) is 0 Å². The molecule has 2 aromatic carbocycles. The van der Waals surface area contributed by atoms with Gasteiger partial charge in [0.1, 0.15) is 12.4 Å². The maximum atomic E-state index is 5.69. The van der Waals surface area contributed by atoms with E-state index < -0.39 is 0 Å². The Morgan fingerprint density at radius 2 is 1.95 bits per heavy atom. The highest BCUT2D eigenvalue weighted by molar-refractivity contribution is 5.55. The molecular formula is C17H14N2O2. The highest BCUT2D eigenvalue weighted by Crippen LogP contribution is 2.21. The minimum atomic E-state index is 0.486. The van der Waals surface area contributed by atoms with Gasteiger partial charge in [-0.05, 0) is 29.8 Å². The average Bonchev–Trinajstić information content (AvgIpc) is 3.07. The topological polar surface area (TPSA) is 48.2 Å². The second-order valence-corrected chi connectivity index (χ2v) is 4.40. The lowest BCUT2D eigenvalue weighted by molar-refractivity contribution is 0.363. The first-order valence-electron chi connectivity index (χ1n) is 6.63. The molecule has 1 heterocycles. The Bertz CT molecular complexity index is 707. The number of hydrogen-bond acceptors (Lipinski definition) is 4. The molecule has 0 radical (unpaired) electrons. The maximum absolute atomic E-state index is 5.69. The van der Waals surface area contributed by atoms with Gasteiger partial charge in [0, 0.05) is 5.56 Å². The first-order chi connectivity index (χ1) is 10.4. The van der Waals surface area contributed by atoms with Gasteiger partial charge in [-0.3, -0.25) is 0 Å². The van der Waals surface area contributed by atoms with Crippen LogP contribution >= 0.6 is 0 Å². The van der Waals surface area contributed by atoms with Crippen molar-refractivity contribution < 1.29 is 9.15 Å². The number of nitrogens with zero attached hydrogens (tertiary/aromatic N) is 2. The number of aromatic nitrogens is 2. The average molecular weight is 278 g/mol. The van der Waals surface area contributed by atoms with Crippen molar-refractivity contribution in [3.63, 3.8) is 0 Å². The fourth-order valence-electron chi connectivity index (χ4n) is 1.91. The maximum Gasteiger partial charge on any atom is 0.247 e. The monoisotopic (exact) mass is 278 g/mol. The standard InChI is InChI=1S/C17H14N2O2/c1-2-6-14(7-3-1)8-5-11-20-16-10-4-9-15(12-16)17-19-18-13-21-17/h1-10,12-13H,11H2. The fraction of sp³-hybridized carbons (Fsp3) is 0.0588. The predicted molar refractivity (Wildman–Crippen MR) is 80.7 cm³/mol. The van der Waals surface area contributed by atoms with Crippen LogP contribution in [0, 0.1) is 0 Å². The summed E-state index contributed by atoms with van der Waals surface area (Å²) in [4.78, 5) is 0. The molecule has 3 aromatic rings. The molecule has 0 saturated carbocycles. The van der Waals surface area contributed by atoms with Gasteiger partial charge in [-0.15, -0.1) is 10.2 Å². The van der Waals surface area contributed by atoms with Gasteiger partial charge in [0.15, 0.2) is 0 Å². The van der Waals surface area contributed by atoms with Gasteiger partial charge in [-0.25, -0.2) is 0 Å². The van der Waals surface area contributed by atoms with Crippen molar-refractivity contribution in [3.8, 4) is 17.2 Å². The Hall–Kier alpha value is -2.88. The van der Waals surface area contributed by atoms with Crippen molar-refractivity contribution in [3.05, 3.63) is 72.6 Å². The molecule has 0 N–H and O–H groups in total. The lowest BCUT2D eigenvalue weighted by atomic mass is 10.2. The Morgan fingerprint density at radius 3 is 2.76 bits per heavy atom. The van der Waals surface area contributed by atoms with E-state index in [-0.39, 0.29) is 0 Å². The van der Waals surface area contributed by atoms with Crippen LogP contribution < -0.4 is 4.74 Å². The summed E-state index contributed by atoms with van der Waals surface area (Å²) < 4.78 is 10.9. The summed E-state index contributed by atoms with van der Waals surface area (Å²) in [5.41, 5.74) is 2.00. The summed E-state index contributed by atoms with van der Waals surface area (Å²) in [5, 5.41) is 7.55. The minimum absolute atomic E-state index is 0.486. The largest absolute Gasteiger partial charge is 0.490 e. The molecule has 3 rings (SSSR count). The lowest BCUT2D eigenvalue weighted by Gasteiger charge is -2.04. The second-order valence-electron chi connectivity index (χ2n) is 4.40. The molecule has 0 aliphatic carbocycles. The van der Waals surface area contributed by atoms with Gasteiger partial charge in [0.2, 0.25) is 12.3 Å². The zero-order valence-corrected chi connectivity index (χ0v) is 11.3. The Balaban J connectivity index is 1.61. The van der Waals surface area contributed by atoms with Crippen LogP contribution in [0.3, 0.4) is 0 Å². The molecule has 0 amide bonds. The third kappa shape index (κ3) is 3.57. The van der Waals surface area contributed by atoms with Crippen LogP contribution in [-0.4, -0.2) is 16.8 Å². The third-order valence-electron chi connectivity index (χ3n) is 2.90. The molecule has 21 heavy (non-hydrogen) atoms. The van der Waals surface area contributed by atoms with E-state index in [9.17, 15) is 0 Å². The molecule has 1 aromatic heterocycles. The number of benzene rings is 2. The molecule has 104 valence electrons. The first-order valence-corrected chi connectivity index (χ1v) is 6.63. The highest BCUT2D eigenvalue weighted by atomic mass is 16.5. The third-order valence-corrected chi connectivity index (χ3v) is 2.90. The van der Waals surface area contributed by atoms with Crippen molar-refractivity contribution in [1.29, 1.82) is 0 Å². The molecule has 0 aliphatic heterocycles. The highest BCUT2D eigenvalue weighted by Gasteiger charge is 2.04. The van der Waals surface area contributed by atoms with Crippen LogP contribution in [0.25, 0.3) is 17.5 Å². The molecule has 0 fully saturated rings. The van der Waals surface area contributed by atoms with Gasteiger partial charge in [-0.2, -0.15) is 0 Å². The van der Waals surface area contributed by atoms with Crippen LogP contribution in [0.5, 0.6) is 5.75 Å². The van der Waals surface area contributed by atoms with Crippen molar-refractivity contribution in [1.82, 2.24) is 10.2 Å². The van der Waals surface area contributed by atoms with E-state index in [1.54, 1.807) is 0 Å². The van der Waals surface area contributed by atoms with Crippen LogP contribution in [-0.2, 0) is 0 Å². The molecule has 0 spiro atoms. The van der Waals surface area contributed by atoms with Crippen LogP contribution in [0.2, 0.25) is 0 Å². The zero-order valence-electron chi connectivity index (χ0n) is 11.3. The zero-order chi connectivity index (χ0) is 14.3. The molecule has 0 saturated heterocycles. The van der Waals surface area contributed by atoms with E-state index in [0.29, 0.717) is 12.5 Å². The summed E-state index contributed by atoms with van der Waals surface area (Å²) in [5.74, 6) is 1.25. The predicted octanol–water partition coefficient (Wildman–Crippen LogP) is 3.83. The SMILES string of the molecule is C(=Cc1ccccc1)COc1cccc(-c2nnco2)c1. The summed E-state index contributed by atoms with van der Waals surface area (Å²) in [6, 6.07) is 17.7.